The van der Waals surface area contributed by atoms with Gasteiger partial charge in [0.1, 0.15) is 0 Å². The fourth-order valence-electron chi connectivity index (χ4n) is 2.37. The molecule has 0 radical (unpaired) electrons. The van der Waals surface area contributed by atoms with Crippen molar-refractivity contribution in [2.24, 2.45) is 5.92 Å². The first-order chi connectivity index (χ1) is 9.02. The van der Waals surface area contributed by atoms with Gasteiger partial charge in [-0.2, -0.15) is 0 Å². The summed E-state index contributed by atoms with van der Waals surface area (Å²) in [5, 5.41) is 6.62. The minimum Gasteiger partial charge on any atom is -0.352 e. The third-order valence-electron chi connectivity index (χ3n) is 4.09. The molecule has 2 unspecified atom stereocenters. The average Bonchev–Trinajstić information content (AvgIpc) is 2.38. The Morgan fingerprint density at radius 3 is 2.63 bits per heavy atom. The summed E-state index contributed by atoms with van der Waals surface area (Å²) >= 11 is 0. The maximum Gasteiger partial charge on any atom is 0.234 e. The van der Waals surface area contributed by atoms with Crippen molar-refractivity contribution in [3.8, 4) is 0 Å². The first kappa shape index (κ1) is 16.4. The summed E-state index contributed by atoms with van der Waals surface area (Å²) in [5.41, 5.74) is 0. The third-order valence-corrected chi connectivity index (χ3v) is 4.09. The highest BCUT2D eigenvalue weighted by atomic mass is 16.2. The molecule has 0 spiro atoms. The Morgan fingerprint density at radius 2 is 2.11 bits per heavy atom. The smallest absolute Gasteiger partial charge is 0.234 e. The largest absolute Gasteiger partial charge is 0.352 e. The molecule has 112 valence electrons. The molecule has 4 heteroatoms. The summed E-state index contributed by atoms with van der Waals surface area (Å²) < 4.78 is 0. The van der Waals surface area contributed by atoms with Crippen molar-refractivity contribution in [3.63, 3.8) is 0 Å². The molecule has 0 aromatic carbocycles. The van der Waals surface area contributed by atoms with E-state index in [9.17, 15) is 4.79 Å². The highest BCUT2D eigenvalue weighted by Crippen LogP contribution is 2.08. The zero-order chi connectivity index (χ0) is 14.3. The predicted octanol–water partition coefficient (Wildman–Crippen LogP) is 1.61. The van der Waals surface area contributed by atoms with Crippen LogP contribution in [-0.4, -0.2) is 49.1 Å². The summed E-state index contributed by atoms with van der Waals surface area (Å²) in [6.45, 7) is 12.0. The molecule has 0 aliphatic carbocycles. The Labute approximate surface area is 118 Å². The number of carbonyl (C=O) groups is 1. The maximum absolute atomic E-state index is 12.0. The van der Waals surface area contributed by atoms with E-state index in [-0.39, 0.29) is 11.9 Å². The first-order valence-electron chi connectivity index (χ1n) is 7.78. The predicted molar refractivity (Wildman–Crippen MR) is 80.2 cm³/mol. The molecule has 1 amide bonds. The lowest BCUT2D eigenvalue weighted by atomic mass is 10.0. The van der Waals surface area contributed by atoms with Gasteiger partial charge in [0.05, 0.1) is 6.54 Å². The molecule has 19 heavy (non-hydrogen) atoms. The molecular weight excluding hydrogens is 238 g/mol. The zero-order valence-electron chi connectivity index (χ0n) is 13.0. The molecule has 2 N–H and O–H groups in total. The Bertz CT molecular complexity index is 262. The van der Waals surface area contributed by atoms with Gasteiger partial charge in [-0.25, -0.2) is 0 Å². The highest BCUT2D eigenvalue weighted by molar-refractivity contribution is 5.78. The van der Waals surface area contributed by atoms with Crippen LogP contribution in [0.15, 0.2) is 0 Å². The lowest BCUT2D eigenvalue weighted by Gasteiger charge is -2.30. The third kappa shape index (κ3) is 6.39. The van der Waals surface area contributed by atoms with Crippen LogP contribution >= 0.6 is 0 Å². The van der Waals surface area contributed by atoms with Gasteiger partial charge >= 0.3 is 0 Å². The lowest BCUT2D eigenvalue weighted by molar-refractivity contribution is -0.123. The van der Waals surface area contributed by atoms with Crippen molar-refractivity contribution in [1.82, 2.24) is 15.5 Å². The Morgan fingerprint density at radius 1 is 1.37 bits per heavy atom. The molecule has 2 atom stereocenters. The molecule has 4 nitrogen and oxygen atoms in total. The lowest BCUT2D eigenvalue weighted by Crippen LogP contribution is -2.48. The van der Waals surface area contributed by atoms with Crippen LogP contribution in [0.1, 0.15) is 47.0 Å². The van der Waals surface area contributed by atoms with Gasteiger partial charge in [-0.1, -0.05) is 27.2 Å². The molecule has 1 heterocycles. The Hall–Kier alpha value is -0.610. The second-order valence-electron chi connectivity index (χ2n) is 6.07. The summed E-state index contributed by atoms with van der Waals surface area (Å²) in [7, 11) is 0. The van der Waals surface area contributed by atoms with Gasteiger partial charge in [0, 0.05) is 18.6 Å². The molecule has 1 saturated heterocycles. The van der Waals surface area contributed by atoms with E-state index in [1.807, 2.05) is 0 Å². The molecule has 0 aromatic rings. The number of hydrogen-bond donors (Lipinski definition) is 2. The zero-order valence-corrected chi connectivity index (χ0v) is 13.0. The van der Waals surface area contributed by atoms with Crippen molar-refractivity contribution in [2.75, 3.05) is 26.2 Å². The fraction of sp³-hybridized carbons (Fsp3) is 0.933. The van der Waals surface area contributed by atoms with Gasteiger partial charge in [0.2, 0.25) is 5.91 Å². The molecule has 1 aliphatic rings. The van der Waals surface area contributed by atoms with Crippen LogP contribution < -0.4 is 10.6 Å². The van der Waals surface area contributed by atoms with Crippen molar-refractivity contribution in [1.29, 1.82) is 0 Å². The van der Waals surface area contributed by atoms with E-state index in [0.717, 1.165) is 19.6 Å². The minimum atomic E-state index is 0.152. The highest BCUT2D eigenvalue weighted by Gasteiger charge is 2.18. The van der Waals surface area contributed by atoms with Crippen molar-refractivity contribution >= 4 is 5.91 Å². The fourth-order valence-corrected chi connectivity index (χ4v) is 2.37. The van der Waals surface area contributed by atoms with Crippen LogP contribution in [0.25, 0.3) is 0 Å². The average molecular weight is 269 g/mol. The van der Waals surface area contributed by atoms with E-state index >= 15 is 0 Å². The SMILES string of the molecule is CCN(CC(=O)NC(C)C(C)C)CC1CCCCN1. The van der Waals surface area contributed by atoms with Crippen LogP contribution in [0.5, 0.6) is 0 Å². The molecule has 1 aliphatic heterocycles. The van der Waals surface area contributed by atoms with E-state index in [2.05, 4.69) is 43.2 Å². The second kappa shape index (κ2) is 8.54. The normalized spacial score (nSPS) is 21.7. The summed E-state index contributed by atoms with van der Waals surface area (Å²) in [6.07, 6.45) is 3.83. The van der Waals surface area contributed by atoms with Gasteiger partial charge in [0.15, 0.2) is 0 Å². The minimum absolute atomic E-state index is 0.152. The van der Waals surface area contributed by atoms with Crippen LogP contribution in [0.2, 0.25) is 0 Å². The van der Waals surface area contributed by atoms with Crippen molar-refractivity contribution in [3.05, 3.63) is 0 Å². The molecule has 1 fully saturated rings. The van der Waals surface area contributed by atoms with E-state index in [4.69, 9.17) is 0 Å². The number of nitrogens with one attached hydrogen (secondary N) is 2. The van der Waals surface area contributed by atoms with E-state index in [1.165, 1.54) is 19.3 Å². The van der Waals surface area contributed by atoms with Gasteiger partial charge in [-0.05, 0) is 38.8 Å². The maximum atomic E-state index is 12.0. The molecule has 1 rings (SSSR count). The van der Waals surface area contributed by atoms with Crippen molar-refractivity contribution in [2.45, 2.75) is 59.0 Å². The Kier molecular flexibility index (Phi) is 7.39. The topological polar surface area (TPSA) is 44.4 Å². The van der Waals surface area contributed by atoms with Gasteiger partial charge in [-0.15, -0.1) is 0 Å². The summed E-state index contributed by atoms with van der Waals surface area (Å²) in [4.78, 5) is 14.2. The van der Waals surface area contributed by atoms with Gasteiger partial charge in [-0.3, -0.25) is 9.69 Å². The standard InChI is InChI=1S/C15H31N3O/c1-5-18(10-14-8-6-7-9-16-14)11-15(19)17-13(4)12(2)3/h12-14,16H,5-11H2,1-4H3,(H,17,19). The number of amides is 1. The second-order valence-corrected chi connectivity index (χ2v) is 6.07. The summed E-state index contributed by atoms with van der Waals surface area (Å²) in [6, 6.07) is 0.808. The monoisotopic (exact) mass is 269 g/mol. The van der Waals surface area contributed by atoms with Crippen molar-refractivity contribution < 1.29 is 4.79 Å². The van der Waals surface area contributed by atoms with Crippen LogP contribution in [0.3, 0.4) is 0 Å². The number of likely N-dealkylation sites (N-methyl/N-ethyl adjacent to an activating group) is 1. The number of nitrogens with zero attached hydrogens (tertiary/aromatic N) is 1. The van der Waals surface area contributed by atoms with Crippen LogP contribution in [0, 0.1) is 5.92 Å². The number of hydrogen-bond acceptors (Lipinski definition) is 3. The van der Waals surface area contributed by atoms with E-state index in [0.29, 0.717) is 18.5 Å². The van der Waals surface area contributed by atoms with Gasteiger partial charge < -0.3 is 10.6 Å². The number of rotatable bonds is 7. The van der Waals surface area contributed by atoms with E-state index < -0.39 is 0 Å². The molecule has 0 aromatic heterocycles. The van der Waals surface area contributed by atoms with Crippen LogP contribution in [-0.2, 0) is 4.79 Å². The van der Waals surface area contributed by atoms with E-state index in [1.54, 1.807) is 0 Å². The first-order valence-corrected chi connectivity index (χ1v) is 7.78. The molecular formula is C15H31N3O. The Balaban J connectivity index is 2.32. The number of piperidine rings is 1. The molecule has 0 saturated carbocycles. The molecule has 0 bridgehead atoms. The number of carbonyl (C=O) groups excluding carboxylic acids is 1. The van der Waals surface area contributed by atoms with Crippen LogP contribution in [0.4, 0.5) is 0 Å². The van der Waals surface area contributed by atoms with Gasteiger partial charge in [0.25, 0.3) is 0 Å². The quantitative estimate of drug-likeness (QED) is 0.738. The summed E-state index contributed by atoms with van der Waals surface area (Å²) in [5.74, 6) is 0.637.